The van der Waals surface area contributed by atoms with Crippen LogP contribution in [0.25, 0.3) is 0 Å². The summed E-state index contributed by atoms with van der Waals surface area (Å²) in [6, 6.07) is 0. The fourth-order valence-corrected chi connectivity index (χ4v) is 18.4. The van der Waals surface area contributed by atoms with Gasteiger partial charge in [-0.3, -0.25) is 0 Å². The van der Waals surface area contributed by atoms with E-state index in [9.17, 15) is 0 Å². The van der Waals surface area contributed by atoms with Crippen LogP contribution < -0.4 is 0 Å². The Morgan fingerprint density at radius 3 is 1.32 bits per heavy atom. The second-order valence-corrected chi connectivity index (χ2v) is 23.1. The maximum absolute atomic E-state index is 4.94. The van der Waals surface area contributed by atoms with E-state index in [1.165, 1.54) is 0 Å². The third-order valence-electron chi connectivity index (χ3n) is 3.35. The summed E-state index contributed by atoms with van der Waals surface area (Å²) < 4.78 is 0. The smallest absolute Gasteiger partial charge is 0.214 e. The third kappa shape index (κ3) is 4.81. The van der Waals surface area contributed by atoms with Crippen LogP contribution in [0.5, 0.6) is 0 Å². The summed E-state index contributed by atoms with van der Waals surface area (Å²) in [5, 5.41) is 5.60. The van der Waals surface area contributed by atoms with Gasteiger partial charge in [-0.05, 0) is 31.3 Å². The zero-order valence-corrected chi connectivity index (χ0v) is 21.2. The lowest BCUT2D eigenvalue weighted by Crippen LogP contribution is -2.31. The van der Waals surface area contributed by atoms with E-state index in [1.807, 2.05) is 15.1 Å². The minimum absolute atomic E-state index is 0.393. The lowest BCUT2D eigenvalue weighted by molar-refractivity contribution is 0.600. The Labute approximate surface area is 157 Å². The Hall–Kier alpha value is 2.04. The van der Waals surface area contributed by atoms with Crippen molar-refractivity contribution in [3.05, 3.63) is 0 Å². The van der Waals surface area contributed by atoms with E-state index >= 15 is 0 Å². The van der Waals surface area contributed by atoms with Crippen LogP contribution in [0.2, 0.25) is 0 Å². The van der Waals surface area contributed by atoms with Gasteiger partial charge in [-0.25, -0.2) is 30.1 Å². The minimum Gasteiger partial charge on any atom is -0.214 e. The van der Waals surface area contributed by atoms with Gasteiger partial charge in [0.1, 0.15) is 0 Å². The first-order valence-electron chi connectivity index (χ1n) is 7.45. The summed E-state index contributed by atoms with van der Waals surface area (Å²) in [5.41, 5.74) is 1.19. The van der Waals surface area contributed by atoms with Gasteiger partial charge < -0.3 is 0 Å². The van der Waals surface area contributed by atoms with Crippen LogP contribution in [0.4, 0.5) is 0 Å². The molecule has 7 heteroatoms. The van der Waals surface area contributed by atoms with Crippen LogP contribution in [0.15, 0.2) is 0 Å². The quantitative estimate of drug-likeness (QED) is 0.268. The zero-order chi connectivity index (χ0) is 17.7. The molecule has 0 amide bonds. The van der Waals surface area contributed by atoms with Gasteiger partial charge in [0.25, 0.3) is 0 Å². The summed E-state index contributed by atoms with van der Waals surface area (Å²) in [7, 11) is 18.1. The van der Waals surface area contributed by atoms with Crippen molar-refractivity contribution < 1.29 is 0 Å². The molecule has 0 aromatic heterocycles. The first-order valence-corrected chi connectivity index (χ1v) is 17.0. The molecule has 0 aliphatic carbocycles. The van der Waals surface area contributed by atoms with Crippen LogP contribution in [0.3, 0.4) is 0 Å². The lowest BCUT2D eigenvalue weighted by Gasteiger charge is -2.41. The monoisotopic (exact) mass is 432 g/mol. The lowest BCUT2D eigenvalue weighted by atomic mass is 9.99. The summed E-state index contributed by atoms with van der Waals surface area (Å²) in [6.45, 7) is 20.7. The van der Waals surface area contributed by atoms with Gasteiger partial charge in [-0.15, -0.1) is 0 Å². The largest absolute Gasteiger partial charge is 0.643 e. The van der Waals surface area contributed by atoms with Gasteiger partial charge in [0.05, 0.1) is 0 Å². The molecule has 0 nitrogen and oxygen atoms in total. The molecule has 0 aromatic carbocycles. The molecule has 0 saturated heterocycles. The van der Waals surface area contributed by atoms with E-state index < -0.39 is 18.0 Å². The standard InChI is InChI=1S/C15H27P3.Al.3ClH/c1-13(2,3)10-16-11(14(4,5)6)18(10)12(17-18)15(7,8)9;;;;/h1-9H3;;3*1H/q;+3;;;/p-3. The van der Waals surface area contributed by atoms with Gasteiger partial charge in [-0.2, -0.15) is 0 Å². The molecule has 126 valence electrons. The molecule has 2 aliphatic heterocycles. The Balaban J connectivity index is 0.000000541. The van der Waals surface area contributed by atoms with Crippen LogP contribution >= 0.6 is 52.8 Å². The second kappa shape index (κ2) is 6.98. The normalized spacial score (nSPS) is 25.5. The number of rotatable bonds is 0. The molecule has 0 bridgehead atoms. The van der Waals surface area contributed by atoms with E-state index in [-0.39, 0.29) is 0 Å². The summed E-state index contributed by atoms with van der Waals surface area (Å²) in [4.78, 5) is 0. The van der Waals surface area contributed by atoms with Crippen molar-refractivity contribution in [3.8, 4) is 0 Å². The molecule has 1 atom stereocenters. The fourth-order valence-electron chi connectivity index (χ4n) is 2.66. The van der Waals surface area contributed by atoms with Crippen LogP contribution in [-0.2, 0) is 0 Å². The summed E-state index contributed by atoms with van der Waals surface area (Å²) >= 11 is -1.72. The highest BCUT2D eigenvalue weighted by molar-refractivity contribution is 8.67. The van der Waals surface area contributed by atoms with Crippen molar-refractivity contribution >= 4 is 79.3 Å². The average Bonchev–Trinajstić information content (AvgIpc) is 2.84. The molecule has 2 aliphatic rings. The molecular formula is C15H27AlCl3P3. The molecular weight excluding hydrogens is 406 g/mol. The summed E-state index contributed by atoms with van der Waals surface area (Å²) in [5.74, 6) is 0. The number of hydrogen-bond donors (Lipinski definition) is 0. The van der Waals surface area contributed by atoms with Gasteiger partial charge in [0, 0.05) is 6.57 Å². The molecule has 0 radical (unpaired) electrons. The SMILES string of the molecule is CC(C)(C)C1=PC(C(C)(C)C)=P12P=C2C(C)(C)C.[Cl][Al]([Cl])[Cl]. The van der Waals surface area contributed by atoms with Crippen LogP contribution in [-0.4, -0.2) is 26.5 Å². The maximum Gasteiger partial charge on any atom is 0.643 e. The van der Waals surface area contributed by atoms with Crippen molar-refractivity contribution in [2.45, 2.75) is 62.3 Å². The van der Waals surface area contributed by atoms with Gasteiger partial charge >= 0.3 is 11.4 Å². The highest BCUT2D eigenvalue weighted by Crippen LogP contribution is 2.90. The number of halogens is 3. The predicted octanol–water partition coefficient (Wildman–Crippen LogP) is 8.05. The average molecular weight is 434 g/mol. The van der Waals surface area contributed by atoms with Gasteiger partial charge in [-0.1, -0.05) is 78.4 Å². The minimum atomic E-state index is -1.72. The van der Waals surface area contributed by atoms with Gasteiger partial charge in [0.15, 0.2) is 0 Å². The van der Waals surface area contributed by atoms with Gasteiger partial charge in [0.2, 0.25) is 0 Å². The molecule has 22 heavy (non-hydrogen) atoms. The van der Waals surface area contributed by atoms with Crippen molar-refractivity contribution in [2.75, 3.05) is 0 Å². The topological polar surface area (TPSA) is 0 Å². The molecule has 2 heterocycles. The molecule has 0 aromatic rings. The van der Waals surface area contributed by atoms with Crippen molar-refractivity contribution in [2.24, 2.45) is 16.2 Å². The molecule has 0 N–H and O–H groups in total. The molecule has 1 spiro atoms. The molecule has 2 rings (SSSR count). The van der Waals surface area contributed by atoms with E-state index in [2.05, 4.69) is 62.3 Å². The highest BCUT2D eigenvalue weighted by Gasteiger charge is 2.55. The molecule has 0 saturated carbocycles. The first kappa shape index (κ1) is 22.1. The molecule has 0 fully saturated rings. The van der Waals surface area contributed by atoms with Crippen LogP contribution in [0, 0.1) is 16.2 Å². The van der Waals surface area contributed by atoms with Crippen molar-refractivity contribution in [3.63, 3.8) is 0 Å². The predicted molar refractivity (Wildman–Crippen MR) is 117 cm³/mol. The van der Waals surface area contributed by atoms with Crippen LogP contribution in [0.1, 0.15) is 62.3 Å². The van der Waals surface area contributed by atoms with E-state index in [4.69, 9.17) is 30.1 Å². The Morgan fingerprint density at radius 2 is 1.09 bits per heavy atom. The maximum atomic E-state index is 4.94. The van der Waals surface area contributed by atoms with Crippen molar-refractivity contribution in [1.29, 1.82) is 0 Å². The first-order chi connectivity index (χ1) is 9.54. The third-order valence-corrected chi connectivity index (χ3v) is 17.0. The highest BCUT2D eigenvalue weighted by atomic mass is 35.8. The number of hydrogen-bond acceptors (Lipinski definition) is 0. The zero-order valence-electron chi connectivity index (χ0n) is 15.1. The van der Waals surface area contributed by atoms with Crippen molar-refractivity contribution in [1.82, 2.24) is 0 Å². The summed E-state index contributed by atoms with van der Waals surface area (Å²) in [6.07, 6.45) is 0. The Morgan fingerprint density at radius 1 is 0.727 bits per heavy atom. The van der Waals surface area contributed by atoms with E-state index in [1.54, 1.807) is 16.1 Å². The molecule has 1 unspecified atom stereocenters. The Kier molecular flexibility index (Phi) is 7.01. The van der Waals surface area contributed by atoms with E-state index in [0.29, 0.717) is 16.2 Å². The second-order valence-electron chi connectivity index (χ2n) is 8.82. The Bertz CT molecular complexity index is 568. The fraction of sp³-hybridized carbons (Fsp3) is 0.800. The van der Waals surface area contributed by atoms with E-state index in [0.717, 1.165) is 0 Å².